The van der Waals surface area contributed by atoms with Crippen LogP contribution in [0.4, 0.5) is 0 Å². The number of aliphatic hydroxyl groups is 1. The maximum atomic E-state index is 9.76. The minimum absolute atomic E-state index is 0.0610. The minimum Gasteiger partial charge on any atom is -0.392 e. The van der Waals surface area contributed by atoms with Crippen LogP contribution in [0.15, 0.2) is 0 Å². The smallest absolute Gasteiger partial charge is 0.0693 e. The molecule has 0 bridgehead atoms. The molecule has 2 N–H and O–H groups in total. The Morgan fingerprint density at radius 1 is 0.929 bits per heavy atom. The molecule has 5 atom stereocenters. The van der Waals surface area contributed by atoms with Gasteiger partial charge in [-0.05, 0) is 43.9 Å². The highest BCUT2D eigenvalue weighted by Gasteiger charge is 2.46. The highest BCUT2D eigenvalue weighted by Crippen LogP contribution is 2.49. The van der Waals surface area contributed by atoms with Gasteiger partial charge >= 0.3 is 0 Å². The maximum absolute atomic E-state index is 9.76. The zero-order valence-corrected chi connectivity index (χ0v) is 8.78. The lowest BCUT2D eigenvalue weighted by molar-refractivity contribution is 0.136. The summed E-state index contributed by atoms with van der Waals surface area (Å²) < 4.78 is 0. The van der Waals surface area contributed by atoms with Gasteiger partial charge in [0.1, 0.15) is 0 Å². The minimum atomic E-state index is -0.0610. The van der Waals surface area contributed by atoms with Crippen LogP contribution < -0.4 is 5.32 Å². The van der Waals surface area contributed by atoms with E-state index in [-0.39, 0.29) is 6.10 Å². The fourth-order valence-electron chi connectivity index (χ4n) is 3.53. The van der Waals surface area contributed by atoms with Crippen LogP contribution in [0.3, 0.4) is 0 Å². The van der Waals surface area contributed by atoms with Gasteiger partial charge in [0, 0.05) is 12.1 Å². The van der Waals surface area contributed by atoms with Gasteiger partial charge in [0.15, 0.2) is 0 Å². The topological polar surface area (TPSA) is 32.3 Å². The van der Waals surface area contributed by atoms with Crippen LogP contribution >= 0.6 is 0 Å². The summed E-state index contributed by atoms with van der Waals surface area (Å²) in [5.74, 6) is 2.01. The van der Waals surface area contributed by atoms with E-state index in [0.29, 0.717) is 6.04 Å². The zero-order valence-electron chi connectivity index (χ0n) is 8.78. The first-order valence-electron chi connectivity index (χ1n) is 6.29. The highest BCUT2D eigenvalue weighted by atomic mass is 16.3. The van der Waals surface area contributed by atoms with Crippen molar-refractivity contribution in [3.8, 4) is 0 Å². The Bertz CT molecular complexity index is 218. The van der Waals surface area contributed by atoms with Crippen molar-refractivity contribution in [1.82, 2.24) is 5.32 Å². The summed E-state index contributed by atoms with van der Waals surface area (Å²) >= 11 is 0. The number of rotatable bonds is 2. The summed E-state index contributed by atoms with van der Waals surface area (Å²) in [6, 6.07) is 1.16. The molecule has 3 saturated carbocycles. The predicted molar refractivity (Wildman–Crippen MR) is 56.0 cm³/mol. The Hall–Kier alpha value is -0.0800. The second kappa shape index (κ2) is 3.49. The van der Waals surface area contributed by atoms with Crippen LogP contribution in [-0.2, 0) is 0 Å². The molecule has 14 heavy (non-hydrogen) atoms. The van der Waals surface area contributed by atoms with Crippen LogP contribution in [0.1, 0.15) is 44.9 Å². The van der Waals surface area contributed by atoms with E-state index >= 15 is 0 Å². The maximum Gasteiger partial charge on any atom is 0.0693 e. The van der Waals surface area contributed by atoms with Gasteiger partial charge in [0.05, 0.1) is 6.10 Å². The first-order chi connectivity index (χ1) is 6.84. The molecule has 0 aliphatic heterocycles. The SMILES string of the molecule is O[C@H]1CCC[C@@H]1NC1CCCC2CC21. The van der Waals surface area contributed by atoms with Gasteiger partial charge in [-0.2, -0.15) is 0 Å². The lowest BCUT2D eigenvalue weighted by Crippen LogP contribution is -2.44. The van der Waals surface area contributed by atoms with Gasteiger partial charge in [-0.25, -0.2) is 0 Å². The monoisotopic (exact) mass is 195 g/mol. The molecule has 3 unspecified atom stereocenters. The molecule has 0 saturated heterocycles. The molecular formula is C12H21NO. The van der Waals surface area contributed by atoms with Crippen LogP contribution in [0, 0.1) is 11.8 Å². The molecule has 0 aromatic carbocycles. The Morgan fingerprint density at radius 3 is 2.50 bits per heavy atom. The highest BCUT2D eigenvalue weighted by molar-refractivity contribution is 5.00. The quantitative estimate of drug-likeness (QED) is 0.702. The number of aliphatic hydroxyl groups excluding tert-OH is 1. The van der Waals surface area contributed by atoms with Crippen molar-refractivity contribution in [2.45, 2.75) is 63.1 Å². The second-order valence-corrected chi connectivity index (χ2v) is 5.47. The average Bonchev–Trinajstić information content (AvgIpc) is 2.87. The largest absolute Gasteiger partial charge is 0.392 e. The van der Waals surface area contributed by atoms with Crippen molar-refractivity contribution in [2.75, 3.05) is 0 Å². The molecule has 3 rings (SSSR count). The van der Waals surface area contributed by atoms with Crippen molar-refractivity contribution in [3.05, 3.63) is 0 Å². The van der Waals surface area contributed by atoms with Crippen molar-refractivity contribution >= 4 is 0 Å². The van der Waals surface area contributed by atoms with Crippen LogP contribution in [-0.4, -0.2) is 23.3 Å². The van der Waals surface area contributed by atoms with E-state index in [1.807, 2.05) is 0 Å². The van der Waals surface area contributed by atoms with Crippen molar-refractivity contribution < 1.29 is 5.11 Å². The molecule has 3 aliphatic carbocycles. The zero-order chi connectivity index (χ0) is 9.54. The summed E-state index contributed by atoms with van der Waals surface area (Å²) in [4.78, 5) is 0. The van der Waals surface area contributed by atoms with Gasteiger partial charge in [-0.3, -0.25) is 0 Å². The second-order valence-electron chi connectivity index (χ2n) is 5.47. The number of hydrogen-bond acceptors (Lipinski definition) is 2. The van der Waals surface area contributed by atoms with E-state index in [4.69, 9.17) is 0 Å². The fourth-order valence-corrected chi connectivity index (χ4v) is 3.53. The summed E-state index contributed by atoms with van der Waals surface area (Å²) in [5, 5.41) is 13.5. The van der Waals surface area contributed by atoms with E-state index < -0.39 is 0 Å². The molecule has 2 nitrogen and oxygen atoms in total. The van der Waals surface area contributed by atoms with Crippen molar-refractivity contribution in [3.63, 3.8) is 0 Å². The number of nitrogens with one attached hydrogen (secondary N) is 1. The Labute approximate surface area is 86.1 Å². The van der Waals surface area contributed by atoms with E-state index in [2.05, 4.69) is 5.32 Å². The molecule has 0 heterocycles. The molecule has 3 aliphatic rings. The molecule has 2 heteroatoms. The third kappa shape index (κ3) is 1.59. The van der Waals surface area contributed by atoms with E-state index in [1.54, 1.807) is 0 Å². The lowest BCUT2D eigenvalue weighted by Gasteiger charge is -2.27. The van der Waals surface area contributed by atoms with Crippen molar-refractivity contribution in [1.29, 1.82) is 0 Å². The molecule has 80 valence electrons. The first kappa shape index (κ1) is 9.17. The van der Waals surface area contributed by atoms with E-state index in [0.717, 1.165) is 24.3 Å². The molecule has 3 fully saturated rings. The lowest BCUT2D eigenvalue weighted by atomic mass is 9.94. The molecule has 0 aromatic heterocycles. The standard InChI is InChI=1S/C12H21NO/c14-12-6-2-5-11(12)13-10-4-1-3-8-7-9(8)10/h8-14H,1-7H2/t8?,9?,10?,11-,12-/m0/s1. The number of hydrogen-bond donors (Lipinski definition) is 2. The van der Waals surface area contributed by atoms with Gasteiger partial charge in [-0.1, -0.05) is 12.8 Å². The van der Waals surface area contributed by atoms with Gasteiger partial charge < -0.3 is 10.4 Å². The molecule has 0 spiro atoms. The third-order valence-corrected chi connectivity index (χ3v) is 4.49. The summed E-state index contributed by atoms with van der Waals surface area (Å²) in [6.07, 6.45) is 9.03. The Morgan fingerprint density at radius 2 is 1.71 bits per heavy atom. The molecule has 0 amide bonds. The first-order valence-corrected chi connectivity index (χ1v) is 6.29. The van der Waals surface area contributed by atoms with Gasteiger partial charge in [-0.15, -0.1) is 0 Å². The van der Waals surface area contributed by atoms with Gasteiger partial charge in [0.2, 0.25) is 0 Å². The normalized spacial score (nSPS) is 51.6. The van der Waals surface area contributed by atoms with Crippen LogP contribution in [0.25, 0.3) is 0 Å². The summed E-state index contributed by atoms with van der Waals surface area (Å²) in [5.41, 5.74) is 0. The molecule has 0 radical (unpaired) electrons. The van der Waals surface area contributed by atoms with Gasteiger partial charge in [0.25, 0.3) is 0 Å². The number of fused-ring (bicyclic) bond motifs is 1. The van der Waals surface area contributed by atoms with E-state index in [9.17, 15) is 5.11 Å². The van der Waals surface area contributed by atoms with Crippen LogP contribution in [0.5, 0.6) is 0 Å². The van der Waals surface area contributed by atoms with Crippen molar-refractivity contribution in [2.24, 2.45) is 11.8 Å². The van der Waals surface area contributed by atoms with E-state index in [1.165, 1.54) is 38.5 Å². The molecule has 0 aromatic rings. The summed E-state index contributed by atoms with van der Waals surface area (Å²) in [6.45, 7) is 0. The predicted octanol–water partition coefficient (Wildman–Crippen LogP) is 1.68. The Balaban J connectivity index is 1.56. The average molecular weight is 195 g/mol. The molecular weight excluding hydrogens is 174 g/mol. The summed E-state index contributed by atoms with van der Waals surface area (Å²) in [7, 11) is 0. The third-order valence-electron chi connectivity index (χ3n) is 4.49. The van der Waals surface area contributed by atoms with Crippen LogP contribution in [0.2, 0.25) is 0 Å². The fraction of sp³-hybridized carbons (Fsp3) is 1.00. The Kier molecular flexibility index (Phi) is 2.29.